The van der Waals surface area contributed by atoms with Crippen LogP contribution in [0.2, 0.25) is 0 Å². The lowest BCUT2D eigenvalue weighted by atomic mass is 10.0. The average molecular weight is 351 g/mol. The number of hydrogen-bond donors (Lipinski definition) is 1. The Morgan fingerprint density at radius 1 is 1.00 bits per heavy atom. The molecule has 2 saturated heterocycles. The minimum atomic E-state index is -3.64. The average Bonchev–Trinajstić information content (AvgIpc) is 2.62. The molecule has 0 spiro atoms. The molecule has 0 saturated carbocycles. The highest BCUT2D eigenvalue weighted by atomic mass is 32.2. The van der Waals surface area contributed by atoms with Crippen molar-refractivity contribution in [2.75, 3.05) is 19.6 Å². The summed E-state index contributed by atoms with van der Waals surface area (Å²) in [4.78, 5) is 15.0. The Bertz CT molecular complexity index is 670. The Kier molecular flexibility index (Phi) is 5.22. The number of nitrogens with zero attached hydrogens (tertiary/aromatic N) is 2. The van der Waals surface area contributed by atoms with Crippen molar-refractivity contribution in [3.05, 3.63) is 30.3 Å². The number of likely N-dealkylation sites (tertiary alicyclic amines) is 1. The summed E-state index contributed by atoms with van der Waals surface area (Å²) < 4.78 is 27.3. The first kappa shape index (κ1) is 17.4. The molecule has 0 bridgehead atoms. The van der Waals surface area contributed by atoms with Crippen molar-refractivity contribution < 1.29 is 13.2 Å². The summed E-state index contributed by atoms with van der Waals surface area (Å²) in [7, 11) is -3.64. The van der Waals surface area contributed by atoms with Gasteiger partial charge in [0.15, 0.2) is 0 Å². The smallest absolute Gasteiger partial charge is 0.243 e. The lowest BCUT2D eigenvalue weighted by molar-refractivity contribution is -0.137. The third kappa shape index (κ3) is 3.48. The van der Waals surface area contributed by atoms with Crippen molar-refractivity contribution in [1.29, 1.82) is 0 Å². The monoisotopic (exact) mass is 351 g/mol. The molecule has 1 unspecified atom stereocenters. The fourth-order valence-corrected chi connectivity index (χ4v) is 5.17. The normalized spacial score (nSPS) is 24.0. The van der Waals surface area contributed by atoms with Gasteiger partial charge in [-0.3, -0.25) is 4.79 Å². The van der Waals surface area contributed by atoms with E-state index < -0.39 is 16.1 Å². The molecule has 1 aromatic carbocycles. The number of hydrogen-bond acceptors (Lipinski definition) is 4. The van der Waals surface area contributed by atoms with Crippen molar-refractivity contribution in [2.24, 2.45) is 5.73 Å². The number of piperidine rings is 2. The summed E-state index contributed by atoms with van der Waals surface area (Å²) in [6.45, 7) is 1.65. The van der Waals surface area contributed by atoms with Crippen LogP contribution in [0.3, 0.4) is 0 Å². The molecule has 2 aliphatic heterocycles. The van der Waals surface area contributed by atoms with E-state index >= 15 is 0 Å². The third-order valence-corrected chi connectivity index (χ3v) is 6.86. The lowest BCUT2D eigenvalue weighted by Crippen LogP contribution is -2.55. The minimum absolute atomic E-state index is 0.0684. The van der Waals surface area contributed by atoms with Crippen LogP contribution in [-0.2, 0) is 14.8 Å². The second-order valence-electron chi connectivity index (χ2n) is 6.60. The molecule has 1 amide bonds. The van der Waals surface area contributed by atoms with Crippen LogP contribution in [0.4, 0.5) is 0 Å². The molecule has 2 fully saturated rings. The number of nitrogens with two attached hydrogens (primary N) is 1. The van der Waals surface area contributed by atoms with Crippen LogP contribution < -0.4 is 5.73 Å². The molecular weight excluding hydrogens is 326 g/mol. The molecule has 2 heterocycles. The zero-order valence-corrected chi connectivity index (χ0v) is 14.6. The summed E-state index contributed by atoms with van der Waals surface area (Å²) in [5.74, 6) is -0.0684. The molecule has 24 heavy (non-hydrogen) atoms. The van der Waals surface area contributed by atoms with Gasteiger partial charge in [0.2, 0.25) is 15.9 Å². The quantitative estimate of drug-likeness (QED) is 0.886. The number of amides is 1. The Balaban J connectivity index is 1.82. The first-order valence-electron chi connectivity index (χ1n) is 8.61. The number of benzene rings is 1. The summed E-state index contributed by atoms with van der Waals surface area (Å²) in [6, 6.07) is 7.94. The predicted molar refractivity (Wildman–Crippen MR) is 91.8 cm³/mol. The predicted octanol–water partition coefficient (Wildman–Crippen LogP) is 1.18. The molecule has 0 aliphatic carbocycles. The summed E-state index contributed by atoms with van der Waals surface area (Å²) in [5.41, 5.74) is 5.90. The van der Waals surface area contributed by atoms with E-state index in [2.05, 4.69) is 0 Å². The van der Waals surface area contributed by atoms with E-state index in [1.165, 1.54) is 4.31 Å². The highest BCUT2D eigenvalue weighted by Crippen LogP contribution is 2.27. The van der Waals surface area contributed by atoms with Gasteiger partial charge in [0.1, 0.15) is 6.04 Å². The number of sulfonamides is 1. The van der Waals surface area contributed by atoms with Crippen molar-refractivity contribution in [3.8, 4) is 0 Å². The second kappa shape index (κ2) is 7.21. The highest BCUT2D eigenvalue weighted by Gasteiger charge is 2.39. The van der Waals surface area contributed by atoms with Crippen LogP contribution >= 0.6 is 0 Å². The molecule has 6 nitrogen and oxygen atoms in total. The van der Waals surface area contributed by atoms with Crippen molar-refractivity contribution in [3.63, 3.8) is 0 Å². The van der Waals surface area contributed by atoms with Crippen LogP contribution in [0.15, 0.2) is 35.2 Å². The largest absolute Gasteiger partial charge is 0.341 e. The second-order valence-corrected chi connectivity index (χ2v) is 8.49. The lowest BCUT2D eigenvalue weighted by Gasteiger charge is -2.38. The van der Waals surface area contributed by atoms with E-state index in [0.717, 1.165) is 25.7 Å². The van der Waals surface area contributed by atoms with Gasteiger partial charge < -0.3 is 10.6 Å². The molecular formula is C17H25N3O3S. The first-order valence-corrected chi connectivity index (χ1v) is 10.1. The van der Waals surface area contributed by atoms with Gasteiger partial charge in [-0.2, -0.15) is 4.31 Å². The molecule has 0 aromatic heterocycles. The molecule has 1 atom stereocenters. The Labute approximate surface area is 143 Å². The number of rotatable bonds is 3. The SMILES string of the molecule is NC1CCN(C(=O)C2CCCCN2S(=O)(=O)c2ccccc2)CC1. The number of carbonyl (C=O) groups is 1. The fourth-order valence-electron chi connectivity index (χ4n) is 3.50. The summed E-state index contributed by atoms with van der Waals surface area (Å²) >= 11 is 0. The third-order valence-electron chi connectivity index (χ3n) is 4.94. The van der Waals surface area contributed by atoms with Gasteiger partial charge in [0, 0.05) is 25.7 Å². The Morgan fingerprint density at radius 3 is 2.33 bits per heavy atom. The van der Waals surface area contributed by atoms with Crippen LogP contribution in [0.1, 0.15) is 32.1 Å². The molecule has 1 aromatic rings. The molecule has 2 aliphatic rings. The Hall–Kier alpha value is -1.44. The van der Waals surface area contributed by atoms with Gasteiger partial charge in [-0.15, -0.1) is 0 Å². The van der Waals surface area contributed by atoms with Gasteiger partial charge in [-0.25, -0.2) is 8.42 Å². The molecule has 7 heteroatoms. The molecule has 0 radical (unpaired) electrons. The van der Waals surface area contributed by atoms with E-state index in [0.29, 0.717) is 26.1 Å². The summed E-state index contributed by atoms with van der Waals surface area (Å²) in [5, 5.41) is 0. The maximum atomic E-state index is 13.0. The van der Waals surface area contributed by atoms with Crippen LogP contribution in [-0.4, -0.2) is 55.2 Å². The highest BCUT2D eigenvalue weighted by molar-refractivity contribution is 7.89. The molecule has 132 valence electrons. The zero-order chi connectivity index (χ0) is 17.2. The topological polar surface area (TPSA) is 83.7 Å². The van der Waals surface area contributed by atoms with E-state index in [4.69, 9.17) is 5.73 Å². The maximum absolute atomic E-state index is 13.0. The van der Waals surface area contributed by atoms with Gasteiger partial charge in [0.25, 0.3) is 0 Å². The van der Waals surface area contributed by atoms with Crippen molar-refractivity contribution in [2.45, 2.75) is 49.1 Å². The van der Waals surface area contributed by atoms with Gasteiger partial charge in [0.05, 0.1) is 4.90 Å². The van der Waals surface area contributed by atoms with E-state index in [1.54, 1.807) is 35.2 Å². The zero-order valence-electron chi connectivity index (χ0n) is 13.8. The summed E-state index contributed by atoms with van der Waals surface area (Å²) in [6.07, 6.45) is 3.83. The van der Waals surface area contributed by atoms with Crippen molar-refractivity contribution >= 4 is 15.9 Å². The first-order chi connectivity index (χ1) is 11.5. The Morgan fingerprint density at radius 2 is 1.67 bits per heavy atom. The minimum Gasteiger partial charge on any atom is -0.341 e. The van der Waals surface area contributed by atoms with Crippen LogP contribution in [0.25, 0.3) is 0 Å². The van der Waals surface area contributed by atoms with Crippen LogP contribution in [0, 0.1) is 0 Å². The van der Waals surface area contributed by atoms with Crippen LogP contribution in [0.5, 0.6) is 0 Å². The van der Waals surface area contributed by atoms with Gasteiger partial charge >= 0.3 is 0 Å². The standard InChI is InChI=1S/C17H25N3O3S/c18-14-9-12-19(13-10-14)17(21)16-8-4-5-11-20(16)24(22,23)15-6-2-1-3-7-15/h1-3,6-7,14,16H,4-5,8-13,18H2. The number of carbonyl (C=O) groups excluding carboxylic acids is 1. The van der Waals surface area contributed by atoms with E-state index in [1.807, 2.05) is 0 Å². The van der Waals surface area contributed by atoms with Crippen molar-refractivity contribution in [1.82, 2.24) is 9.21 Å². The molecule has 2 N–H and O–H groups in total. The fraction of sp³-hybridized carbons (Fsp3) is 0.588. The van der Waals surface area contributed by atoms with E-state index in [9.17, 15) is 13.2 Å². The van der Waals surface area contributed by atoms with Gasteiger partial charge in [-0.05, 0) is 37.8 Å². The maximum Gasteiger partial charge on any atom is 0.243 e. The van der Waals surface area contributed by atoms with E-state index in [-0.39, 0.29) is 16.8 Å². The molecule has 3 rings (SSSR count). The van der Waals surface area contributed by atoms with Gasteiger partial charge in [-0.1, -0.05) is 24.6 Å².